The number of hydrogen-bond acceptors (Lipinski definition) is 3. The van der Waals surface area contributed by atoms with Crippen molar-refractivity contribution in [3.63, 3.8) is 0 Å². The highest BCUT2D eigenvalue weighted by molar-refractivity contribution is 5.94. The predicted molar refractivity (Wildman–Crippen MR) is 101 cm³/mol. The van der Waals surface area contributed by atoms with Crippen LogP contribution in [0.25, 0.3) is 6.08 Å². The van der Waals surface area contributed by atoms with Crippen LogP contribution in [0, 0.1) is 17.5 Å². The summed E-state index contributed by atoms with van der Waals surface area (Å²) in [6, 6.07) is 7.84. The lowest BCUT2D eigenvalue weighted by Crippen LogP contribution is -2.48. The molecule has 0 saturated carbocycles. The maximum atomic E-state index is 14.3. The maximum absolute atomic E-state index is 14.3. The molecular weight excluding hydrogens is 369 g/mol. The Morgan fingerprint density at radius 1 is 0.929 bits per heavy atom. The Bertz CT molecular complexity index is 915. The fourth-order valence-corrected chi connectivity index (χ4v) is 3.08. The number of carbonyl (C=O) groups is 2. The van der Waals surface area contributed by atoms with Crippen LogP contribution in [-0.2, 0) is 4.79 Å². The Morgan fingerprint density at radius 3 is 2.14 bits per heavy atom. The molecule has 1 aliphatic rings. The van der Waals surface area contributed by atoms with Crippen LogP contribution in [0.15, 0.2) is 42.5 Å². The van der Waals surface area contributed by atoms with Crippen molar-refractivity contribution in [2.45, 2.75) is 6.92 Å². The average Bonchev–Trinajstić information content (AvgIpc) is 2.67. The minimum absolute atomic E-state index is 0.209. The third kappa shape index (κ3) is 4.24. The summed E-state index contributed by atoms with van der Waals surface area (Å²) in [5.74, 6) is -2.53. The minimum atomic E-state index is -0.738. The molecule has 2 aromatic carbocycles. The number of anilines is 1. The Balaban J connectivity index is 1.63. The summed E-state index contributed by atoms with van der Waals surface area (Å²) in [6.07, 6.45) is 2.26. The lowest BCUT2D eigenvalue weighted by Gasteiger charge is -2.35. The van der Waals surface area contributed by atoms with Crippen LogP contribution in [0.4, 0.5) is 18.9 Å². The molecule has 1 heterocycles. The second-order valence-corrected chi connectivity index (χ2v) is 6.50. The fraction of sp³-hybridized carbons (Fsp3) is 0.238. The fourth-order valence-electron chi connectivity index (χ4n) is 3.08. The van der Waals surface area contributed by atoms with Crippen molar-refractivity contribution in [3.8, 4) is 0 Å². The van der Waals surface area contributed by atoms with Gasteiger partial charge in [0.2, 0.25) is 5.91 Å². The van der Waals surface area contributed by atoms with Gasteiger partial charge < -0.3 is 9.80 Å². The Morgan fingerprint density at radius 2 is 1.57 bits per heavy atom. The standard InChI is InChI=1S/C21H19F3N2O2/c1-14(27)15-5-7-20(19(24)13-15)25-9-11-26(12-10-25)21(28)8-6-16-17(22)3-2-4-18(16)23/h2-8,13H,9-12H2,1H3/b8-6+. The molecule has 0 aliphatic carbocycles. The number of halogens is 3. The second-order valence-electron chi connectivity index (χ2n) is 6.50. The number of carbonyl (C=O) groups excluding carboxylic acids is 2. The molecule has 0 bridgehead atoms. The van der Waals surface area contributed by atoms with Crippen LogP contribution in [-0.4, -0.2) is 42.8 Å². The van der Waals surface area contributed by atoms with Crippen LogP contribution in [0.5, 0.6) is 0 Å². The lowest BCUT2D eigenvalue weighted by molar-refractivity contribution is -0.126. The van der Waals surface area contributed by atoms with E-state index in [2.05, 4.69) is 0 Å². The summed E-state index contributed by atoms with van der Waals surface area (Å²) in [5.41, 5.74) is 0.420. The molecule has 1 amide bonds. The number of Topliss-reactive ketones (excluding diaryl/α,β-unsaturated/α-hetero) is 1. The largest absolute Gasteiger partial charge is 0.366 e. The third-order valence-corrected chi connectivity index (χ3v) is 4.68. The monoisotopic (exact) mass is 388 g/mol. The number of rotatable bonds is 4. The molecule has 0 atom stereocenters. The van der Waals surface area contributed by atoms with E-state index in [9.17, 15) is 22.8 Å². The first-order valence-corrected chi connectivity index (χ1v) is 8.83. The van der Waals surface area contributed by atoms with Gasteiger partial charge in [0.1, 0.15) is 17.5 Å². The molecule has 0 radical (unpaired) electrons. The highest BCUT2D eigenvalue weighted by atomic mass is 19.1. The number of amides is 1. The normalized spacial score (nSPS) is 14.6. The van der Waals surface area contributed by atoms with E-state index in [0.717, 1.165) is 24.3 Å². The van der Waals surface area contributed by atoms with E-state index in [-0.39, 0.29) is 17.3 Å². The van der Waals surface area contributed by atoms with Crippen LogP contribution < -0.4 is 4.90 Å². The summed E-state index contributed by atoms with van der Waals surface area (Å²) in [7, 11) is 0. The molecule has 4 nitrogen and oxygen atoms in total. The summed E-state index contributed by atoms with van der Waals surface area (Å²) >= 11 is 0. The molecule has 3 rings (SSSR count). The van der Waals surface area contributed by atoms with Crippen molar-refractivity contribution in [1.82, 2.24) is 4.90 Å². The molecule has 7 heteroatoms. The van der Waals surface area contributed by atoms with E-state index in [1.165, 1.54) is 24.0 Å². The van der Waals surface area contributed by atoms with Crippen LogP contribution in [0.3, 0.4) is 0 Å². The molecule has 1 aliphatic heterocycles. The first kappa shape index (κ1) is 19.7. The second kappa shape index (κ2) is 8.29. The third-order valence-electron chi connectivity index (χ3n) is 4.68. The van der Waals surface area contributed by atoms with Crippen molar-refractivity contribution in [2.75, 3.05) is 31.1 Å². The van der Waals surface area contributed by atoms with Gasteiger partial charge in [-0.05, 0) is 43.3 Å². The van der Waals surface area contributed by atoms with Gasteiger partial charge in [-0.3, -0.25) is 9.59 Å². The van der Waals surface area contributed by atoms with Gasteiger partial charge >= 0.3 is 0 Å². The maximum Gasteiger partial charge on any atom is 0.246 e. The van der Waals surface area contributed by atoms with E-state index in [1.807, 2.05) is 0 Å². The molecule has 1 fully saturated rings. The highest BCUT2D eigenvalue weighted by Gasteiger charge is 2.22. The molecule has 0 spiro atoms. The van der Waals surface area contributed by atoms with E-state index >= 15 is 0 Å². The summed E-state index contributed by atoms with van der Waals surface area (Å²) in [4.78, 5) is 26.9. The number of ketones is 1. The van der Waals surface area contributed by atoms with E-state index in [4.69, 9.17) is 0 Å². The van der Waals surface area contributed by atoms with Crippen LogP contribution in [0.1, 0.15) is 22.8 Å². The number of benzene rings is 2. The average molecular weight is 388 g/mol. The zero-order chi connectivity index (χ0) is 20.3. The number of nitrogens with zero attached hydrogens (tertiary/aromatic N) is 2. The SMILES string of the molecule is CC(=O)c1ccc(N2CCN(C(=O)/C=C/c3c(F)cccc3F)CC2)c(F)c1. The molecule has 2 aromatic rings. The molecule has 146 valence electrons. The highest BCUT2D eigenvalue weighted by Crippen LogP contribution is 2.22. The molecular formula is C21H19F3N2O2. The Hall–Kier alpha value is -3.09. The van der Waals surface area contributed by atoms with Crippen molar-refractivity contribution in [1.29, 1.82) is 0 Å². The molecule has 0 N–H and O–H groups in total. The summed E-state index contributed by atoms with van der Waals surface area (Å²) in [5, 5.41) is 0. The van der Waals surface area contributed by atoms with Crippen LogP contribution in [0.2, 0.25) is 0 Å². The smallest absolute Gasteiger partial charge is 0.246 e. The molecule has 0 unspecified atom stereocenters. The molecule has 1 saturated heterocycles. The Kier molecular flexibility index (Phi) is 5.82. The van der Waals surface area contributed by atoms with Crippen molar-refractivity contribution < 1.29 is 22.8 Å². The summed E-state index contributed by atoms with van der Waals surface area (Å²) < 4.78 is 41.5. The van der Waals surface area contributed by atoms with Crippen molar-refractivity contribution >= 4 is 23.5 Å². The minimum Gasteiger partial charge on any atom is -0.366 e. The zero-order valence-electron chi connectivity index (χ0n) is 15.3. The summed E-state index contributed by atoms with van der Waals surface area (Å²) in [6.45, 7) is 2.88. The van der Waals surface area contributed by atoms with Gasteiger partial charge in [-0.1, -0.05) is 6.07 Å². The van der Waals surface area contributed by atoms with Gasteiger partial charge in [-0.2, -0.15) is 0 Å². The Labute approximate surface area is 160 Å². The number of hydrogen-bond donors (Lipinski definition) is 0. The predicted octanol–water partition coefficient (Wildman–Crippen LogP) is 3.67. The first-order valence-electron chi connectivity index (χ1n) is 8.83. The molecule has 28 heavy (non-hydrogen) atoms. The van der Waals surface area contributed by atoms with E-state index in [0.29, 0.717) is 37.4 Å². The van der Waals surface area contributed by atoms with Gasteiger partial charge in [-0.15, -0.1) is 0 Å². The zero-order valence-corrected chi connectivity index (χ0v) is 15.3. The van der Waals surface area contributed by atoms with Crippen molar-refractivity contribution in [3.05, 3.63) is 71.1 Å². The van der Waals surface area contributed by atoms with Gasteiger partial charge in [-0.25, -0.2) is 13.2 Å². The number of piperazine rings is 1. The van der Waals surface area contributed by atoms with Gasteiger partial charge in [0.15, 0.2) is 5.78 Å². The van der Waals surface area contributed by atoms with Crippen molar-refractivity contribution in [2.24, 2.45) is 0 Å². The van der Waals surface area contributed by atoms with Gasteiger partial charge in [0, 0.05) is 43.4 Å². The van der Waals surface area contributed by atoms with Gasteiger partial charge in [0.05, 0.1) is 5.69 Å². The van der Waals surface area contributed by atoms with E-state index in [1.54, 1.807) is 17.0 Å². The van der Waals surface area contributed by atoms with Crippen LogP contribution >= 0.6 is 0 Å². The molecule has 0 aromatic heterocycles. The lowest BCUT2D eigenvalue weighted by atomic mass is 10.1. The quantitative estimate of drug-likeness (QED) is 0.593. The van der Waals surface area contributed by atoms with E-state index < -0.39 is 17.5 Å². The van der Waals surface area contributed by atoms with Gasteiger partial charge in [0.25, 0.3) is 0 Å². The first-order chi connectivity index (χ1) is 13.4. The topological polar surface area (TPSA) is 40.6 Å².